The summed E-state index contributed by atoms with van der Waals surface area (Å²) in [6.07, 6.45) is 6.50. The Bertz CT molecular complexity index is 259. The molecule has 0 aromatic rings. The van der Waals surface area contributed by atoms with E-state index in [2.05, 4.69) is 25.1 Å². The highest BCUT2D eigenvalue weighted by atomic mass is 16.4. The van der Waals surface area contributed by atoms with Crippen molar-refractivity contribution in [2.45, 2.75) is 32.2 Å². The lowest BCUT2D eigenvalue weighted by atomic mass is 9.64. The molecular formula is C11H17NO2. The summed E-state index contributed by atoms with van der Waals surface area (Å²) in [6, 6.07) is 0. The Morgan fingerprint density at radius 3 is 2.64 bits per heavy atom. The quantitative estimate of drug-likeness (QED) is 0.660. The number of carbonyl (C=O) groups is 1. The molecule has 14 heavy (non-hydrogen) atoms. The van der Waals surface area contributed by atoms with Gasteiger partial charge in [0.05, 0.1) is 6.54 Å². The van der Waals surface area contributed by atoms with Crippen LogP contribution in [0.4, 0.5) is 0 Å². The molecule has 2 N–H and O–H groups in total. The van der Waals surface area contributed by atoms with Gasteiger partial charge in [0.2, 0.25) is 0 Å². The lowest BCUT2D eigenvalue weighted by Gasteiger charge is -2.46. The highest BCUT2D eigenvalue weighted by Gasteiger charge is 2.50. The number of hydrogen-bond acceptors (Lipinski definition) is 2. The van der Waals surface area contributed by atoms with Crippen molar-refractivity contribution in [2.75, 3.05) is 6.54 Å². The number of nitrogens with one attached hydrogen (secondary N) is 1. The lowest BCUT2D eigenvalue weighted by molar-refractivity contribution is -0.152. The Hall–Kier alpha value is -1.01. The Balaban J connectivity index is 2.54. The zero-order valence-electron chi connectivity index (χ0n) is 8.71. The highest BCUT2D eigenvalue weighted by molar-refractivity contribution is 5.80. The molecule has 0 amide bonds. The van der Waals surface area contributed by atoms with E-state index < -0.39 is 11.5 Å². The zero-order valence-corrected chi connectivity index (χ0v) is 8.71. The second-order valence-corrected chi connectivity index (χ2v) is 4.36. The first-order valence-corrected chi connectivity index (χ1v) is 4.94. The van der Waals surface area contributed by atoms with Crippen LogP contribution in [-0.2, 0) is 4.79 Å². The number of carboxylic acid groups (broad SMARTS) is 1. The fraction of sp³-hybridized carbons (Fsp3) is 0.727. The molecule has 0 aromatic heterocycles. The summed E-state index contributed by atoms with van der Waals surface area (Å²) < 4.78 is 0. The fourth-order valence-electron chi connectivity index (χ4n) is 1.92. The number of aliphatic carboxylic acids is 1. The van der Waals surface area contributed by atoms with Crippen LogP contribution < -0.4 is 5.32 Å². The maximum Gasteiger partial charge on any atom is 0.323 e. The minimum absolute atomic E-state index is 0.330. The van der Waals surface area contributed by atoms with Crippen molar-refractivity contribution in [3.05, 3.63) is 0 Å². The van der Waals surface area contributed by atoms with Gasteiger partial charge in [-0.15, -0.1) is 6.42 Å². The molecule has 0 heterocycles. The monoisotopic (exact) mass is 195 g/mol. The van der Waals surface area contributed by atoms with E-state index in [1.165, 1.54) is 0 Å². The highest BCUT2D eigenvalue weighted by Crippen LogP contribution is 2.42. The van der Waals surface area contributed by atoms with Crippen molar-refractivity contribution in [3.8, 4) is 12.3 Å². The molecule has 0 atom stereocenters. The Kier molecular flexibility index (Phi) is 3.17. The molecule has 1 rings (SSSR count). The summed E-state index contributed by atoms with van der Waals surface area (Å²) in [5.74, 6) is 2.70. The van der Waals surface area contributed by atoms with Crippen molar-refractivity contribution in [2.24, 2.45) is 11.8 Å². The first-order chi connectivity index (χ1) is 6.52. The average molecular weight is 195 g/mol. The van der Waals surface area contributed by atoms with Gasteiger partial charge in [-0.1, -0.05) is 19.8 Å². The minimum atomic E-state index is -0.773. The van der Waals surface area contributed by atoms with Gasteiger partial charge in [-0.25, -0.2) is 0 Å². The maximum absolute atomic E-state index is 11.0. The van der Waals surface area contributed by atoms with Crippen molar-refractivity contribution in [1.29, 1.82) is 0 Å². The average Bonchev–Trinajstić information content (AvgIpc) is 2.01. The van der Waals surface area contributed by atoms with Gasteiger partial charge in [0.15, 0.2) is 0 Å². The van der Waals surface area contributed by atoms with Crippen LogP contribution in [0.3, 0.4) is 0 Å². The second kappa shape index (κ2) is 4.02. The molecule has 0 aromatic carbocycles. The Morgan fingerprint density at radius 2 is 2.29 bits per heavy atom. The SMILES string of the molecule is C#CCNC1(C(=O)O)CC(C(C)C)C1. The van der Waals surface area contributed by atoms with Crippen LogP contribution in [0.1, 0.15) is 26.7 Å². The summed E-state index contributed by atoms with van der Waals surface area (Å²) >= 11 is 0. The summed E-state index contributed by atoms with van der Waals surface area (Å²) in [6.45, 7) is 4.58. The Morgan fingerprint density at radius 1 is 1.71 bits per heavy atom. The zero-order chi connectivity index (χ0) is 10.8. The van der Waals surface area contributed by atoms with Gasteiger partial charge in [-0.3, -0.25) is 10.1 Å². The third kappa shape index (κ3) is 1.91. The van der Waals surface area contributed by atoms with Gasteiger partial charge >= 0.3 is 5.97 Å². The topological polar surface area (TPSA) is 49.3 Å². The predicted molar refractivity (Wildman–Crippen MR) is 54.8 cm³/mol. The van der Waals surface area contributed by atoms with Crippen molar-refractivity contribution in [1.82, 2.24) is 5.32 Å². The molecule has 3 nitrogen and oxygen atoms in total. The molecule has 0 saturated heterocycles. The van der Waals surface area contributed by atoms with Gasteiger partial charge in [0.25, 0.3) is 0 Å². The van der Waals surface area contributed by atoms with Crippen molar-refractivity contribution >= 4 is 5.97 Å². The number of rotatable bonds is 4. The summed E-state index contributed by atoms with van der Waals surface area (Å²) in [5.41, 5.74) is -0.749. The van der Waals surface area contributed by atoms with Crippen molar-refractivity contribution < 1.29 is 9.90 Å². The minimum Gasteiger partial charge on any atom is -0.480 e. The van der Waals surface area contributed by atoms with E-state index in [9.17, 15) is 4.79 Å². The molecule has 0 bridgehead atoms. The van der Waals surface area contributed by atoms with E-state index in [-0.39, 0.29) is 0 Å². The van der Waals surface area contributed by atoms with E-state index in [0.29, 0.717) is 31.2 Å². The van der Waals surface area contributed by atoms with Gasteiger partial charge in [0, 0.05) is 0 Å². The molecule has 0 unspecified atom stereocenters. The number of carboxylic acids is 1. The fourth-order valence-corrected chi connectivity index (χ4v) is 1.92. The van der Waals surface area contributed by atoms with E-state index in [0.717, 1.165) is 0 Å². The van der Waals surface area contributed by atoms with Crippen LogP contribution in [-0.4, -0.2) is 23.2 Å². The van der Waals surface area contributed by atoms with E-state index in [1.807, 2.05) is 0 Å². The summed E-state index contributed by atoms with van der Waals surface area (Å²) in [4.78, 5) is 11.0. The standard InChI is InChI=1S/C11H17NO2/c1-4-5-12-11(10(13)14)6-9(7-11)8(2)3/h1,8-9,12H,5-7H2,2-3H3,(H,13,14). The van der Waals surface area contributed by atoms with Crippen LogP contribution in [0.15, 0.2) is 0 Å². The summed E-state index contributed by atoms with van der Waals surface area (Å²) in [7, 11) is 0. The number of terminal acetylenes is 1. The molecular weight excluding hydrogens is 178 g/mol. The van der Waals surface area contributed by atoms with Gasteiger partial charge in [-0.05, 0) is 24.7 Å². The first-order valence-electron chi connectivity index (χ1n) is 4.94. The van der Waals surface area contributed by atoms with Crippen LogP contribution in [0.25, 0.3) is 0 Å². The first kappa shape index (κ1) is 11.1. The normalized spacial score (nSPS) is 30.9. The van der Waals surface area contributed by atoms with Gasteiger partial charge in [0.1, 0.15) is 5.54 Å². The molecule has 1 saturated carbocycles. The third-order valence-corrected chi connectivity index (χ3v) is 3.10. The van der Waals surface area contributed by atoms with E-state index >= 15 is 0 Å². The maximum atomic E-state index is 11.0. The van der Waals surface area contributed by atoms with Crippen LogP contribution >= 0.6 is 0 Å². The number of hydrogen-bond donors (Lipinski definition) is 2. The second-order valence-electron chi connectivity index (χ2n) is 4.36. The smallest absolute Gasteiger partial charge is 0.323 e. The predicted octanol–water partition coefficient (Wildman–Crippen LogP) is 1.10. The van der Waals surface area contributed by atoms with E-state index in [1.54, 1.807) is 0 Å². The molecule has 0 radical (unpaired) electrons. The summed E-state index contributed by atoms with van der Waals surface area (Å²) in [5, 5.41) is 12.0. The molecule has 3 heteroatoms. The van der Waals surface area contributed by atoms with Gasteiger partial charge in [-0.2, -0.15) is 0 Å². The molecule has 78 valence electrons. The Labute approximate surface area is 84.9 Å². The van der Waals surface area contributed by atoms with Crippen LogP contribution in [0.2, 0.25) is 0 Å². The van der Waals surface area contributed by atoms with Gasteiger partial charge < -0.3 is 5.11 Å². The van der Waals surface area contributed by atoms with Crippen LogP contribution in [0, 0.1) is 24.2 Å². The molecule has 0 spiro atoms. The molecule has 0 aliphatic heterocycles. The molecule has 1 fully saturated rings. The van der Waals surface area contributed by atoms with Crippen molar-refractivity contribution in [3.63, 3.8) is 0 Å². The molecule has 1 aliphatic carbocycles. The largest absolute Gasteiger partial charge is 0.480 e. The third-order valence-electron chi connectivity index (χ3n) is 3.10. The van der Waals surface area contributed by atoms with Crippen LogP contribution in [0.5, 0.6) is 0 Å². The lowest BCUT2D eigenvalue weighted by Crippen LogP contribution is -2.61. The molecule has 1 aliphatic rings. The van der Waals surface area contributed by atoms with E-state index in [4.69, 9.17) is 11.5 Å².